The molecule has 0 saturated heterocycles. The van der Waals surface area contributed by atoms with Gasteiger partial charge in [0.15, 0.2) is 0 Å². The SMILES string of the molecule is Cc1c(CNCc2cccc(Cl)c2)c(C(=O)O)c(C)n1-c1ccc(Cl)cc1. The molecule has 3 rings (SSSR count). The number of rotatable bonds is 6. The van der Waals surface area contributed by atoms with Gasteiger partial charge in [0.1, 0.15) is 0 Å². The second kappa shape index (κ2) is 8.17. The largest absolute Gasteiger partial charge is 0.478 e. The number of aromatic carboxylic acids is 1. The minimum Gasteiger partial charge on any atom is -0.478 e. The third-order valence-corrected chi connectivity index (χ3v) is 5.08. The van der Waals surface area contributed by atoms with Crippen molar-refractivity contribution in [3.05, 3.63) is 86.7 Å². The van der Waals surface area contributed by atoms with Gasteiger partial charge in [0.25, 0.3) is 0 Å². The molecule has 0 radical (unpaired) electrons. The lowest BCUT2D eigenvalue weighted by Crippen LogP contribution is -2.15. The van der Waals surface area contributed by atoms with Gasteiger partial charge in [-0.15, -0.1) is 0 Å². The summed E-state index contributed by atoms with van der Waals surface area (Å²) in [5, 5.41) is 14.4. The third-order valence-electron chi connectivity index (χ3n) is 4.59. The van der Waals surface area contributed by atoms with Crippen molar-refractivity contribution in [2.75, 3.05) is 0 Å². The molecule has 0 saturated carbocycles. The molecule has 6 heteroatoms. The Morgan fingerprint density at radius 1 is 1.00 bits per heavy atom. The van der Waals surface area contributed by atoms with Gasteiger partial charge in [-0.25, -0.2) is 4.79 Å². The van der Waals surface area contributed by atoms with Crippen LogP contribution in [-0.4, -0.2) is 15.6 Å². The van der Waals surface area contributed by atoms with Crippen LogP contribution in [-0.2, 0) is 13.1 Å². The molecule has 0 bridgehead atoms. The van der Waals surface area contributed by atoms with Crippen molar-refractivity contribution in [1.29, 1.82) is 0 Å². The second-order valence-corrected chi connectivity index (χ2v) is 7.25. The summed E-state index contributed by atoms with van der Waals surface area (Å²) in [6, 6.07) is 15.0. The normalized spacial score (nSPS) is 11.0. The summed E-state index contributed by atoms with van der Waals surface area (Å²) >= 11 is 12.0. The number of benzene rings is 2. The van der Waals surface area contributed by atoms with Crippen molar-refractivity contribution in [3.8, 4) is 5.69 Å². The Kier molecular flexibility index (Phi) is 5.90. The summed E-state index contributed by atoms with van der Waals surface area (Å²) in [6.07, 6.45) is 0. The van der Waals surface area contributed by atoms with Crippen LogP contribution in [0.4, 0.5) is 0 Å². The molecule has 27 heavy (non-hydrogen) atoms. The van der Waals surface area contributed by atoms with Gasteiger partial charge in [-0.3, -0.25) is 0 Å². The van der Waals surface area contributed by atoms with E-state index in [0.717, 1.165) is 22.5 Å². The number of nitrogens with zero attached hydrogens (tertiary/aromatic N) is 1. The average molecular weight is 403 g/mol. The van der Waals surface area contributed by atoms with E-state index in [9.17, 15) is 9.90 Å². The quantitative estimate of drug-likeness (QED) is 0.580. The summed E-state index contributed by atoms with van der Waals surface area (Å²) in [5.41, 5.74) is 4.63. The molecule has 2 aromatic carbocycles. The predicted octanol–water partition coefficient (Wildman–Crippen LogP) is 5.39. The van der Waals surface area contributed by atoms with Crippen molar-refractivity contribution >= 4 is 29.2 Å². The lowest BCUT2D eigenvalue weighted by atomic mass is 10.1. The molecule has 0 unspecified atom stereocenters. The molecule has 0 aliphatic heterocycles. The predicted molar refractivity (Wildman–Crippen MR) is 109 cm³/mol. The zero-order chi connectivity index (χ0) is 19.6. The van der Waals surface area contributed by atoms with Gasteiger partial charge in [0, 0.05) is 45.8 Å². The van der Waals surface area contributed by atoms with E-state index < -0.39 is 5.97 Å². The monoisotopic (exact) mass is 402 g/mol. The Morgan fingerprint density at radius 2 is 1.70 bits per heavy atom. The number of halogens is 2. The van der Waals surface area contributed by atoms with Crippen LogP contribution < -0.4 is 5.32 Å². The van der Waals surface area contributed by atoms with Crippen LogP contribution in [0, 0.1) is 13.8 Å². The van der Waals surface area contributed by atoms with Crippen molar-refractivity contribution in [2.24, 2.45) is 0 Å². The minimum absolute atomic E-state index is 0.334. The van der Waals surface area contributed by atoms with Crippen LogP contribution in [0.25, 0.3) is 5.69 Å². The highest BCUT2D eigenvalue weighted by molar-refractivity contribution is 6.30. The molecule has 0 amide bonds. The molecule has 0 atom stereocenters. The fraction of sp³-hybridized carbons (Fsp3) is 0.190. The Hall–Kier alpha value is -2.27. The molecule has 3 aromatic rings. The van der Waals surface area contributed by atoms with Crippen LogP contribution in [0.5, 0.6) is 0 Å². The summed E-state index contributed by atoms with van der Waals surface area (Å²) in [4.78, 5) is 11.9. The zero-order valence-electron chi connectivity index (χ0n) is 15.1. The molecule has 0 aliphatic rings. The van der Waals surface area contributed by atoms with E-state index in [2.05, 4.69) is 5.32 Å². The van der Waals surface area contributed by atoms with Crippen LogP contribution in [0.2, 0.25) is 10.0 Å². The average Bonchev–Trinajstić information content (AvgIpc) is 2.86. The number of carboxylic acid groups (broad SMARTS) is 1. The van der Waals surface area contributed by atoms with Crippen molar-refractivity contribution in [2.45, 2.75) is 26.9 Å². The molecular formula is C21H20Cl2N2O2. The van der Waals surface area contributed by atoms with E-state index in [1.165, 1.54) is 0 Å². The smallest absolute Gasteiger partial charge is 0.337 e. The number of aromatic nitrogens is 1. The molecule has 140 valence electrons. The van der Waals surface area contributed by atoms with Crippen LogP contribution in [0.3, 0.4) is 0 Å². The van der Waals surface area contributed by atoms with E-state index in [-0.39, 0.29) is 0 Å². The zero-order valence-corrected chi connectivity index (χ0v) is 16.6. The Morgan fingerprint density at radius 3 is 2.33 bits per heavy atom. The van der Waals surface area contributed by atoms with E-state index in [4.69, 9.17) is 23.2 Å². The third kappa shape index (κ3) is 4.19. The Balaban J connectivity index is 1.91. The van der Waals surface area contributed by atoms with E-state index in [1.807, 2.05) is 54.8 Å². The first kappa shape index (κ1) is 19.5. The Bertz CT molecular complexity index is 979. The number of hydrogen-bond donors (Lipinski definition) is 2. The molecule has 0 spiro atoms. The Labute approximate surface area is 168 Å². The van der Waals surface area contributed by atoms with Crippen molar-refractivity contribution in [3.63, 3.8) is 0 Å². The van der Waals surface area contributed by atoms with Gasteiger partial charge in [0.2, 0.25) is 0 Å². The number of hydrogen-bond acceptors (Lipinski definition) is 2. The number of carboxylic acids is 1. The topological polar surface area (TPSA) is 54.3 Å². The van der Waals surface area contributed by atoms with E-state index >= 15 is 0 Å². The van der Waals surface area contributed by atoms with Gasteiger partial charge in [-0.1, -0.05) is 35.3 Å². The first-order valence-corrected chi connectivity index (χ1v) is 9.29. The second-order valence-electron chi connectivity index (χ2n) is 6.37. The molecular weight excluding hydrogens is 383 g/mol. The van der Waals surface area contributed by atoms with Gasteiger partial charge >= 0.3 is 5.97 Å². The lowest BCUT2D eigenvalue weighted by Gasteiger charge is -2.10. The maximum atomic E-state index is 11.9. The molecule has 1 aromatic heterocycles. The summed E-state index contributed by atoms with van der Waals surface area (Å²) in [7, 11) is 0. The maximum Gasteiger partial charge on any atom is 0.337 e. The molecule has 0 fully saturated rings. The van der Waals surface area contributed by atoms with Gasteiger partial charge in [-0.05, 0) is 55.8 Å². The lowest BCUT2D eigenvalue weighted by molar-refractivity contribution is 0.0695. The van der Waals surface area contributed by atoms with Gasteiger partial charge in [-0.2, -0.15) is 0 Å². The number of nitrogens with one attached hydrogen (secondary N) is 1. The summed E-state index contributed by atoms with van der Waals surface area (Å²) in [6.45, 7) is 4.81. The van der Waals surface area contributed by atoms with Gasteiger partial charge < -0.3 is 15.0 Å². The fourth-order valence-electron chi connectivity index (χ4n) is 3.35. The molecule has 0 aliphatic carbocycles. The highest BCUT2D eigenvalue weighted by Crippen LogP contribution is 2.27. The fourth-order valence-corrected chi connectivity index (χ4v) is 3.69. The van der Waals surface area contributed by atoms with Crippen LogP contribution >= 0.6 is 23.2 Å². The van der Waals surface area contributed by atoms with Crippen LogP contribution in [0.1, 0.15) is 32.9 Å². The summed E-state index contributed by atoms with van der Waals surface area (Å²) < 4.78 is 1.95. The van der Waals surface area contributed by atoms with Gasteiger partial charge in [0.05, 0.1) is 5.56 Å². The standard InChI is InChI=1S/C21H20Cl2N2O2/c1-13-19(12-24-11-15-4-3-5-17(23)10-15)20(21(26)27)14(2)25(13)18-8-6-16(22)7-9-18/h3-10,24H,11-12H2,1-2H3,(H,26,27). The highest BCUT2D eigenvalue weighted by atomic mass is 35.5. The van der Waals surface area contributed by atoms with Crippen LogP contribution in [0.15, 0.2) is 48.5 Å². The van der Waals surface area contributed by atoms with Crippen molar-refractivity contribution in [1.82, 2.24) is 9.88 Å². The number of carbonyl (C=O) groups is 1. The van der Waals surface area contributed by atoms with Crippen molar-refractivity contribution < 1.29 is 9.90 Å². The molecule has 1 heterocycles. The van der Waals surface area contributed by atoms with E-state index in [1.54, 1.807) is 12.1 Å². The molecule has 2 N–H and O–H groups in total. The maximum absolute atomic E-state index is 11.9. The first-order chi connectivity index (χ1) is 12.9. The highest BCUT2D eigenvalue weighted by Gasteiger charge is 2.23. The van der Waals surface area contributed by atoms with E-state index in [0.29, 0.717) is 34.4 Å². The molecule has 4 nitrogen and oxygen atoms in total. The first-order valence-electron chi connectivity index (χ1n) is 8.53. The summed E-state index contributed by atoms with van der Waals surface area (Å²) in [5.74, 6) is -0.928. The minimum atomic E-state index is -0.928.